The number of benzene rings is 1. The van der Waals surface area contributed by atoms with Gasteiger partial charge >= 0.3 is 0 Å². The molecule has 11 heteroatoms. The first-order valence-corrected chi connectivity index (χ1v) is 10.3. The number of non-ortho nitro benzene ring substituents is 1. The van der Waals surface area contributed by atoms with Crippen LogP contribution in [-0.4, -0.2) is 50.5 Å². The Hall–Kier alpha value is -2.95. The van der Waals surface area contributed by atoms with Crippen molar-refractivity contribution >= 4 is 33.2 Å². The third kappa shape index (κ3) is 4.30. The maximum Gasteiger partial charge on any atom is 0.269 e. The van der Waals surface area contributed by atoms with Gasteiger partial charge in [-0.1, -0.05) is 0 Å². The van der Waals surface area contributed by atoms with Gasteiger partial charge in [-0.05, 0) is 31.4 Å². The molecule has 0 spiro atoms. The zero-order chi connectivity index (χ0) is 20.3. The minimum atomic E-state index is -3.94. The molecule has 2 aromatic rings. The first-order valence-electron chi connectivity index (χ1n) is 8.84. The molecule has 0 atom stereocenters. The van der Waals surface area contributed by atoms with Gasteiger partial charge in [-0.25, -0.2) is 13.4 Å². The van der Waals surface area contributed by atoms with Crippen LogP contribution in [0, 0.1) is 10.1 Å². The topological polar surface area (TPSA) is 122 Å². The molecular formula is C17H22N6O4S. The average molecular weight is 406 g/mol. The Morgan fingerprint density at radius 3 is 2.36 bits per heavy atom. The zero-order valence-electron chi connectivity index (χ0n) is 15.7. The lowest BCUT2D eigenvalue weighted by Crippen LogP contribution is -2.31. The number of aromatic nitrogens is 2. The maximum atomic E-state index is 12.7. The molecule has 1 fully saturated rings. The van der Waals surface area contributed by atoms with E-state index in [1.165, 1.54) is 24.8 Å². The summed E-state index contributed by atoms with van der Waals surface area (Å²) in [5, 5.41) is 10.7. The van der Waals surface area contributed by atoms with E-state index in [0.717, 1.165) is 38.1 Å². The maximum absolute atomic E-state index is 12.7. The predicted octanol–water partition coefficient (Wildman–Crippen LogP) is 2.24. The van der Waals surface area contributed by atoms with Crippen molar-refractivity contribution in [2.45, 2.75) is 24.2 Å². The number of hydrogen-bond acceptors (Lipinski definition) is 8. The summed E-state index contributed by atoms with van der Waals surface area (Å²) >= 11 is 0. The second-order valence-corrected chi connectivity index (χ2v) is 8.39. The van der Waals surface area contributed by atoms with E-state index in [1.807, 2.05) is 0 Å². The number of hydrogen-bond donors (Lipinski definition) is 1. The van der Waals surface area contributed by atoms with Gasteiger partial charge in [0.25, 0.3) is 15.7 Å². The van der Waals surface area contributed by atoms with Crippen molar-refractivity contribution in [3.63, 3.8) is 0 Å². The Bertz CT molecular complexity index is 956. The summed E-state index contributed by atoms with van der Waals surface area (Å²) in [5.74, 6) is 1.02. The molecule has 1 aliphatic rings. The molecule has 0 radical (unpaired) electrons. The van der Waals surface area contributed by atoms with Crippen molar-refractivity contribution in [3.8, 4) is 0 Å². The lowest BCUT2D eigenvalue weighted by atomic mass is 10.1. The highest BCUT2D eigenvalue weighted by Crippen LogP contribution is 2.27. The second kappa shape index (κ2) is 7.97. The Morgan fingerprint density at radius 1 is 1.14 bits per heavy atom. The molecule has 3 rings (SSSR count). The molecule has 1 aromatic heterocycles. The van der Waals surface area contributed by atoms with Crippen LogP contribution < -0.4 is 14.5 Å². The fourth-order valence-corrected chi connectivity index (χ4v) is 4.02. The van der Waals surface area contributed by atoms with Crippen molar-refractivity contribution in [1.29, 1.82) is 0 Å². The monoisotopic (exact) mass is 406 g/mol. The van der Waals surface area contributed by atoms with Crippen LogP contribution in [0.2, 0.25) is 0 Å². The van der Waals surface area contributed by atoms with Gasteiger partial charge in [0.2, 0.25) is 5.95 Å². The summed E-state index contributed by atoms with van der Waals surface area (Å²) in [6.07, 6.45) is 4.80. The zero-order valence-corrected chi connectivity index (χ0v) is 16.5. The van der Waals surface area contributed by atoms with E-state index in [2.05, 4.69) is 19.6 Å². The van der Waals surface area contributed by atoms with Gasteiger partial charge in [0.1, 0.15) is 5.69 Å². The van der Waals surface area contributed by atoms with Gasteiger partial charge in [-0.15, -0.1) is 0 Å². The molecule has 28 heavy (non-hydrogen) atoms. The SMILES string of the molecule is CN(C)c1nc(N2CCCCC2)ncc1NS(=O)(=O)c1ccc([N+](=O)[O-])cc1. The molecule has 1 aromatic carbocycles. The minimum Gasteiger partial charge on any atom is -0.361 e. The van der Waals surface area contributed by atoms with E-state index in [-0.39, 0.29) is 16.3 Å². The number of nitro groups is 1. The van der Waals surface area contributed by atoms with Crippen LogP contribution in [0.4, 0.5) is 23.1 Å². The summed E-state index contributed by atoms with van der Waals surface area (Å²) in [5.41, 5.74) is 0.0614. The van der Waals surface area contributed by atoms with Gasteiger partial charge < -0.3 is 9.80 Å². The predicted molar refractivity (Wildman–Crippen MR) is 106 cm³/mol. The lowest BCUT2D eigenvalue weighted by molar-refractivity contribution is -0.384. The highest BCUT2D eigenvalue weighted by atomic mass is 32.2. The standard InChI is InChI=1S/C17H22N6O4S/c1-21(2)16-15(12-18-17(19-16)22-10-4-3-5-11-22)20-28(26,27)14-8-6-13(7-9-14)23(24)25/h6-9,12,20H,3-5,10-11H2,1-2H3. The van der Waals surface area contributed by atoms with Crippen LogP contribution in [0.3, 0.4) is 0 Å². The smallest absolute Gasteiger partial charge is 0.269 e. The Kier molecular flexibility index (Phi) is 5.63. The highest BCUT2D eigenvalue weighted by molar-refractivity contribution is 7.92. The van der Waals surface area contributed by atoms with Crippen molar-refractivity contribution in [2.75, 3.05) is 41.7 Å². The van der Waals surface area contributed by atoms with Gasteiger partial charge in [0, 0.05) is 39.3 Å². The van der Waals surface area contributed by atoms with Gasteiger partial charge in [-0.3, -0.25) is 14.8 Å². The molecule has 10 nitrogen and oxygen atoms in total. The number of nitrogens with zero attached hydrogens (tertiary/aromatic N) is 5. The first kappa shape index (κ1) is 19.8. The lowest BCUT2D eigenvalue weighted by Gasteiger charge is -2.28. The number of piperidine rings is 1. The molecule has 0 aliphatic carbocycles. The summed E-state index contributed by atoms with van der Waals surface area (Å²) in [6, 6.07) is 4.69. The summed E-state index contributed by atoms with van der Waals surface area (Å²) in [7, 11) is -0.403. The normalized spacial score (nSPS) is 14.6. The molecule has 150 valence electrons. The molecule has 1 aliphatic heterocycles. The van der Waals surface area contributed by atoms with Crippen molar-refractivity contribution in [1.82, 2.24) is 9.97 Å². The van der Waals surface area contributed by atoms with E-state index in [1.54, 1.807) is 19.0 Å². The van der Waals surface area contributed by atoms with Gasteiger partial charge in [0.05, 0.1) is 16.0 Å². The van der Waals surface area contributed by atoms with Crippen LogP contribution in [0.25, 0.3) is 0 Å². The van der Waals surface area contributed by atoms with Gasteiger partial charge in [0.15, 0.2) is 5.82 Å². The largest absolute Gasteiger partial charge is 0.361 e. The summed E-state index contributed by atoms with van der Waals surface area (Å²) < 4.78 is 27.8. The van der Waals surface area contributed by atoms with Crippen molar-refractivity contribution in [2.24, 2.45) is 0 Å². The van der Waals surface area contributed by atoms with E-state index in [4.69, 9.17) is 0 Å². The molecule has 0 unspecified atom stereocenters. The fourth-order valence-electron chi connectivity index (χ4n) is 2.97. The third-order valence-electron chi connectivity index (χ3n) is 4.42. The summed E-state index contributed by atoms with van der Waals surface area (Å²) in [6.45, 7) is 1.75. The third-order valence-corrected chi connectivity index (χ3v) is 5.80. The number of sulfonamides is 1. The number of nitro benzene ring substituents is 1. The Labute approximate surface area is 163 Å². The van der Waals surface area contributed by atoms with Crippen molar-refractivity contribution < 1.29 is 13.3 Å². The molecule has 0 bridgehead atoms. The van der Waals surface area contributed by atoms with Crippen molar-refractivity contribution in [3.05, 3.63) is 40.6 Å². The van der Waals surface area contributed by atoms with Crippen LogP contribution in [0.5, 0.6) is 0 Å². The van der Waals surface area contributed by atoms with E-state index < -0.39 is 14.9 Å². The molecule has 1 N–H and O–H groups in total. The number of nitrogens with one attached hydrogen (secondary N) is 1. The quantitative estimate of drug-likeness (QED) is 0.572. The van der Waals surface area contributed by atoms with E-state index in [0.29, 0.717) is 11.8 Å². The Morgan fingerprint density at radius 2 is 1.79 bits per heavy atom. The Balaban J connectivity index is 1.88. The summed E-state index contributed by atoms with van der Waals surface area (Å²) in [4.78, 5) is 22.8. The van der Waals surface area contributed by atoms with E-state index >= 15 is 0 Å². The first-order chi connectivity index (χ1) is 13.3. The van der Waals surface area contributed by atoms with Crippen LogP contribution in [0.1, 0.15) is 19.3 Å². The minimum absolute atomic E-state index is 0.0806. The van der Waals surface area contributed by atoms with Crippen LogP contribution in [0.15, 0.2) is 35.4 Å². The van der Waals surface area contributed by atoms with E-state index in [9.17, 15) is 18.5 Å². The molecule has 0 amide bonds. The second-order valence-electron chi connectivity index (χ2n) is 6.71. The number of anilines is 3. The van der Waals surface area contributed by atoms with Gasteiger partial charge in [-0.2, -0.15) is 4.98 Å². The molecule has 0 saturated carbocycles. The molecule has 1 saturated heterocycles. The fraction of sp³-hybridized carbons (Fsp3) is 0.412. The van der Waals surface area contributed by atoms with Crippen LogP contribution in [-0.2, 0) is 10.0 Å². The molecular weight excluding hydrogens is 384 g/mol. The number of rotatable bonds is 6. The molecule has 2 heterocycles. The average Bonchev–Trinajstić information content (AvgIpc) is 2.68. The highest BCUT2D eigenvalue weighted by Gasteiger charge is 2.21. The van der Waals surface area contributed by atoms with Crippen LogP contribution >= 0.6 is 0 Å².